The van der Waals surface area contributed by atoms with Gasteiger partial charge < -0.3 is 10.5 Å². The molecule has 1 aliphatic carbocycles. The Morgan fingerprint density at radius 2 is 2.00 bits per heavy atom. The van der Waals surface area contributed by atoms with Crippen molar-refractivity contribution in [2.45, 2.75) is 44.3 Å². The molecule has 2 N–H and O–H groups in total. The SMILES string of the molecule is COc1ccc(C(C(C)N)N2CC3CCC2C3)cc1. The second-order valence-corrected chi connectivity index (χ2v) is 6.11. The van der Waals surface area contributed by atoms with Crippen LogP contribution < -0.4 is 10.5 Å². The van der Waals surface area contributed by atoms with E-state index >= 15 is 0 Å². The van der Waals surface area contributed by atoms with Crippen LogP contribution in [0.3, 0.4) is 0 Å². The third-order valence-electron chi connectivity index (χ3n) is 4.76. The van der Waals surface area contributed by atoms with Gasteiger partial charge in [-0.15, -0.1) is 0 Å². The number of hydrogen-bond donors (Lipinski definition) is 1. The molecule has 0 spiro atoms. The Morgan fingerprint density at radius 1 is 1.26 bits per heavy atom. The molecule has 19 heavy (non-hydrogen) atoms. The molecule has 0 radical (unpaired) electrons. The van der Waals surface area contributed by atoms with Gasteiger partial charge in [0, 0.05) is 24.7 Å². The maximum atomic E-state index is 6.28. The van der Waals surface area contributed by atoms with Crippen LogP contribution in [-0.2, 0) is 0 Å². The number of likely N-dealkylation sites (tertiary alicyclic amines) is 1. The van der Waals surface area contributed by atoms with Crippen LogP contribution in [0.25, 0.3) is 0 Å². The van der Waals surface area contributed by atoms with E-state index in [-0.39, 0.29) is 6.04 Å². The maximum Gasteiger partial charge on any atom is 0.118 e. The van der Waals surface area contributed by atoms with Crippen molar-refractivity contribution in [3.05, 3.63) is 29.8 Å². The van der Waals surface area contributed by atoms with Crippen LogP contribution in [0.2, 0.25) is 0 Å². The van der Waals surface area contributed by atoms with E-state index in [0.717, 1.165) is 17.7 Å². The summed E-state index contributed by atoms with van der Waals surface area (Å²) in [4.78, 5) is 2.64. The van der Waals surface area contributed by atoms with Crippen LogP contribution in [0.5, 0.6) is 5.75 Å². The number of ether oxygens (including phenoxy) is 1. The van der Waals surface area contributed by atoms with E-state index in [1.54, 1.807) is 7.11 Å². The first-order valence-corrected chi connectivity index (χ1v) is 7.34. The lowest BCUT2D eigenvalue weighted by molar-refractivity contribution is 0.133. The van der Waals surface area contributed by atoms with E-state index in [4.69, 9.17) is 10.5 Å². The van der Waals surface area contributed by atoms with E-state index in [1.165, 1.54) is 31.4 Å². The molecule has 2 aliphatic rings. The number of nitrogens with two attached hydrogens (primary N) is 1. The molecular weight excluding hydrogens is 236 g/mol. The quantitative estimate of drug-likeness (QED) is 0.904. The average molecular weight is 260 g/mol. The van der Waals surface area contributed by atoms with Crippen LogP contribution >= 0.6 is 0 Å². The van der Waals surface area contributed by atoms with Crippen molar-refractivity contribution in [3.63, 3.8) is 0 Å². The number of rotatable bonds is 4. The minimum atomic E-state index is 0.160. The number of methoxy groups -OCH3 is 1. The van der Waals surface area contributed by atoms with Gasteiger partial charge in [-0.3, -0.25) is 4.90 Å². The van der Waals surface area contributed by atoms with Gasteiger partial charge in [0.15, 0.2) is 0 Å². The summed E-state index contributed by atoms with van der Waals surface area (Å²) in [6, 6.07) is 9.67. The molecule has 1 saturated carbocycles. The van der Waals surface area contributed by atoms with Gasteiger partial charge in [0.25, 0.3) is 0 Å². The third kappa shape index (κ3) is 2.37. The van der Waals surface area contributed by atoms with Gasteiger partial charge in [0.1, 0.15) is 5.75 Å². The highest BCUT2D eigenvalue weighted by Gasteiger charge is 2.42. The highest BCUT2D eigenvalue weighted by Crippen LogP contribution is 2.42. The molecule has 1 aromatic carbocycles. The first-order chi connectivity index (χ1) is 9.19. The topological polar surface area (TPSA) is 38.5 Å². The number of hydrogen-bond acceptors (Lipinski definition) is 3. The normalized spacial score (nSPS) is 29.4. The van der Waals surface area contributed by atoms with Crippen LogP contribution in [-0.4, -0.2) is 30.6 Å². The molecule has 0 aromatic heterocycles. The molecule has 1 saturated heterocycles. The molecule has 3 nitrogen and oxygen atoms in total. The van der Waals surface area contributed by atoms with Crippen LogP contribution in [0, 0.1) is 5.92 Å². The van der Waals surface area contributed by atoms with Gasteiger partial charge in [0.2, 0.25) is 0 Å². The Balaban J connectivity index is 1.84. The maximum absolute atomic E-state index is 6.28. The monoisotopic (exact) mass is 260 g/mol. The summed E-state index contributed by atoms with van der Waals surface area (Å²) >= 11 is 0. The number of nitrogens with zero attached hydrogens (tertiary/aromatic N) is 1. The van der Waals surface area contributed by atoms with Gasteiger partial charge in [-0.1, -0.05) is 12.1 Å². The van der Waals surface area contributed by atoms with Crippen molar-refractivity contribution < 1.29 is 4.74 Å². The van der Waals surface area contributed by atoms with E-state index in [9.17, 15) is 0 Å². The van der Waals surface area contributed by atoms with Crippen LogP contribution in [0.15, 0.2) is 24.3 Å². The molecule has 2 fully saturated rings. The zero-order valence-corrected chi connectivity index (χ0v) is 11.9. The van der Waals surface area contributed by atoms with Crippen molar-refractivity contribution in [3.8, 4) is 5.75 Å². The summed E-state index contributed by atoms with van der Waals surface area (Å²) in [5.41, 5.74) is 7.60. The second-order valence-electron chi connectivity index (χ2n) is 6.11. The van der Waals surface area contributed by atoms with Gasteiger partial charge in [-0.2, -0.15) is 0 Å². The van der Waals surface area contributed by atoms with Crippen molar-refractivity contribution >= 4 is 0 Å². The van der Waals surface area contributed by atoms with Gasteiger partial charge in [0.05, 0.1) is 7.11 Å². The lowest BCUT2D eigenvalue weighted by Gasteiger charge is -2.37. The first-order valence-electron chi connectivity index (χ1n) is 7.34. The number of fused-ring (bicyclic) bond motifs is 2. The second kappa shape index (κ2) is 5.14. The molecule has 4 atom stereocenters. The zero-order chi connectivity index (χ0) is 13.4. The summed E-state index contributed by atoms with van der Waals surface area (Å²) in [6.07, 6.45) is 4.14. The van der Waals surface area contributed by atoms with Gasteiger partial charge >= 0.3 is 0 Å². The highest BCUT2D eigenvalue weighted by atomic mass is 16.5. The summed E-state index contributed by atoms with van der Waals surface area (Å²) < 4.78 is 5.24. The average Bonchev–Trinajstić information content (AvgIpc) is 3.02. The predicted octanol–water partition coefficient (Wildman–Crippen LogP) is 2.57. The molecule has 2 bridgehead atoms. The Bertz CT molecular complexity index is 429. The summed E-state index contributed by atoms with van der Waals surface area (Å²) in [7, 11) is 1.71. The molecule has 1 heterocycles. The zero-order valence-electron chi connectivity index (χ0n) is 11.9. The van der Waals surface area contributed by atoms with E-state index in [0.29, 0.717) is 6.04 Å². The Morgan fingerprint density at radius 3 is 2.47 bits per heavy atom. The first kappa shape index (κ1) is 12.9. The van der Waals surface area contributed by atoms with E-state index in [1.807, 2.05) is 12.1 Å². The smallest absolute Gasteiger partial charge is 0.118 e. The minimum absolute atomic E-state index is 0.160. The van der Waals surface area contributed by atoms with Gasteiger partial charge in [-0.25, -0.2) is 0 Å². The molecule has 3 heteroatoms. The molecule has 3 rings (SSSR count). The molecule has 104 valence electrons. The summed E-state index contributed by atoms with van der Waals surface area (Å²) in [5, 5.41) is 0. The van der Waals surface area contributed by atoms with E-state index in [2.05, 4.69) is 24.0 Å². The number of benzene rings is 1. The summed E-state index contributed by atoms with van der Waals surface area (Å²) in [6.45, 7) is 3.35. The minimum Gasteiger partial charge on any atom is -0.497 e. The Kier molecular flexibility index (Phi) is 3.50. The van der Waals surface area contributed by atoms with Crippen LogP contribution in [0.4, 0.5) is 0 Å². The molecule has 1 aromatic rings. The highest BCUT2D eigenvalue weighted by molar-refractivity contribution is 5.30. The Labute approximate surface area is 115 Å². The van der Waals surface area contributed by atoms with Gasteiger partial charge in [-0.05, 0) is 49.8 Å². The van der Waals surface area contributed by atoms with Crippen LogP contribution in [0.1, 0.15) is 37.8 Å². The van der Waals surface area contributed by atoms with E-state index < -0.39 is 0 Å². The molecule has 1 aliphatic heterocycles. The van der Waals surface area contributed by atoms with Crippen molar-refractivity contribution in [1.82, 2.24) is 4.90 Å². The third-order valence-corrected chi connectivity index (χ3v) is 4.76. The lowest BCUT2D eigenvalue weighted by atomic mass is 9.96. The fourth-order valence-corrected chi connectivity index (χ4v) is 3.90. The fourth-order valence-electron chi connectivity index (χ4n) is 3.90. The fraction of sp³-hybridized carbons (Fsp3) is 0.625. The van der Waals surface area contributed by atoms with Crippen molar-refractivity contribution in [2.75, 3.05) is 13.7 Å². The standard InChI is InChI=1S/C16H24N2O/c1-11(17)16(13-4-7-15(19-2)8-5-13)18-10-12-3-6-14(18)9-12/h4-5,7-8,11-12,14,16H,3,6,9-10,17H2,1-2H3. The molecule has 4 unspecified atom stereocenters. The Hall–Kier alpha value is -1.06. The lowest BCUT2D eigenvalue weighted by Crippen LogP contribution is -2.43. The number of piperidine rings is 1. The predicted molar refractivity (Wildman–Crippen MR) is 77.2 cm³/mol. The van der Waals surface area contributed by atoms with Crippen molar-refractivity contribution in [1.29, 1.82) is 0 Å². The molecule has 0 amide bonds. The molecular formula is C16H24N2O. The summed E-state index contributed by atoms with van der Waals surface area (Å²) in [5.74, 6) is 1.82. The largest absolute Gasteiger partial charge is 0.497 e. The van der Waals surface area contributed by atoms with Crippen molar-refractivity contribution in [2.24, 2.45) is 11.7 Å².